The monoisotopic (exact) mass is 629 g/mol. The molecule has 7 heteroatoms. The van der Waals surface area contributed by atoms with E-state index in [0.717, 1.165) is 42.1 Å². The molecule has 2 aromatic carbocycles. The second-order valence-electron chi connectivity index (χ2n) is 10.4. The Hall–Kier alpha value is -2.38. The number of carbonyl (C=O) groups excluding carboxylic acids is 1. The molecule has 0 radical (unpaired) electrons. The van der Waals surface area contributed by atoms with Gasteiger partial charge in [-0.2, -0.15) is 4.57 Å². The molecular weight excluding hydrogens is 582 g/mol. The Balaban J connectivity index is 0.00000560. The van der Waals surface area contributed by atoms with Crippen molar-refractivity contribution in [2.45, 2.75) is 97.1 Å². The van der Waals surface area contributed by atoms with Crippen molar-refractivity contribution in [1.82, 2.24) is 5.32 Å². The van der Waals surface area contributed by atoms with Gasteiger partial charge in [-0.25, -0.2) is 4.79 Å². The molecule has 40 heavy (non-hydrogen) atoms. The molecule has 2 amide bonds. The number of ether oxygens (including phenoxy) is 1. The number of urea groups is 1. The highest BCUT2D eigenvalue weighted by Gasteiger charge is 2.16. The van der Waals surface area contributed by atoms with Gasteiger partial charge >= 0.3 is 6.03 Å². The first-order valence-electron chi connectivity index (χ1n) is 14.9. The Kier molecular flexibility index (Phi) is 17.3. The number of carbonyl (C=O) groups is 1. The fourth-order valence-corrected chi connectivity index (χ4v) is 5.45. The van der Waals surface area contributed by atoms with Crippen molar-refractivity contribution in [2.24, 2.45) is 0 Å². The number of rotatable bonds is 19. The summed E-state index contributed by atoms with van der Waals surface area (Å²) in [5.74, 6) is 0.870. The van der Waals surface area contributed by atoms with Gasteiger partial charge in [-0.1, -0.05) is 113 Å². The summed E-state index contributed by atoms with van der Waals surface area (Å²) in [7, 11) is 1.68. The van der Waals surface area contributed by atoms with Crippen molar-refractivity contribution in [3.8, 4) is 5.75 Å². The molecule has 5 nitrogen and oxygen atoms in total. The summed E-state index contributed by atoms with van der Waals surface area (Å²) in [6.45, 7) is 4.27. The minimum atomic E-state index is -0.127. The second kappa shape index (κ2) is 20.5. The zero-order valence-corrected chi connectivity index (χ0v) is 26.9. The zero-order chi connectivity index (χ0) is 27.5. The molecule has 0 unspecified atom stereocenters. The Morgan fingerprint density at radius 2 is 1.52 bits per heavy atom. The molecule has 0 saturated carbocycles. The van der Waals surface area contributed by atoms with Gasteiger partial charge in [-0.15, -0.1) is 0 Å². The fraction of sp³-hybridized carbons (Fsp3) is 0.515. The molecule has 0 fully saturated rings. The topological polar surface area (TPSA) is 45.5 Å². The van der Waals surface area contributed by atoms with Crippen LogP contribution in [0, 0.1) is 0 Å². The minimum Gasteiger partial charge on any atom is -1.00 e. The highest BCUT2D eigenvalue weighted by molar-refractivity contribution is 7.07. The lowest BCUT2D eigenvalue weighted by Gasteiger charge is -2.23. The Morgan fingerprint density at radius 3 is 2.17 bits per heavy atom. The molecule has 220 valence electrons. The van der Waals surface area contributed by atoms with Gasteiger partial charge in [0.1, 0.15) is 5.75 Å². The summed E-state index contributed by atoms with van der Waals surface area (Å²) in [6.07, 6.45) is 18.1. The van der Waals surface area contributed by atoms with Crippen LogP contribution >= 0.6 is 11.3 Å². The van der Waals surface area contributed by atoms with Gasteiger partial charge in [0.05, 0.1) is 18.5 Å². The second-order valence-corrected chi connectivity index (χ2v) is 11.2. The van der Waals surface area contributed by atoms with Crippen molar-refractivity contribution >= 4 is 23.1 Å². The van der Waals surface area contributed by atoms with E-state index in [0.29, 0.717) is 6.54 Å². The lowest BCUT2D eigenvalue weighted by molar-refractivity contribution is -0.683. The van der Waals surface area contributed by atoms with Crippen LogP contribution in [0.25, 0.3) is 0 Å². The van der Waals surface area contributed by atoms with Gasteiger partial charge in [-0.3, -0.25) is 4.90 Å². The quantitative estimate of drug-likeness (QED) is 0.140. The van der Waals surface area contributed by atoms with Crippen LogP contribution in [-0.2, 0) is 13.1 Å². The average molecular weight is 631 g/mol. The Morgan fingerprint density at radius 1 is 0.875 bits per heavy atom. The molecule has 0 bridgehead atoms. The Labute approximate surface area is 256 Å². The number of nitrogens with one attached hydrogen (secondary N) is 1. The van der Waals surface area contributed by atoms with Crippen molar-refractivity contribution in [3.63, 3.8) is 0 Å². The molecule has 0 aliphatic carbocycles. The maximum atomic E-state index is 12.8. The van der Waals surface area contributed by atoms with Crippen LogP contribution in [0.2, 0.25) is 0 Å². The molecule has 0 spiro atoms. The van der Waals surface area contributed by atoms with Gasteiger partial charge in [0.2, 0.25) is 5.51 Å². The molecule has 0 saturated heterocycles. The van der Waals surface area contributed by atoms with Gasteiger partial charge in [0, 0.05) is 18.3 Å². The number of hydrogen-bond acceptors (Lipinski definition) is 3. The number of halogens is 1. The summed E-state index contributed by atoms with van der Waals surface area (Å²) in [4.78, 5) is 14.6. The summed E-state index contributed by atoms with van der Waals surface area (Å²) in [6, 6.07) is 16.2. The van der Waals surface area contributed by atoms with Crippen molar-refractivity contribution in [2.75, 3.05) is 18.6 Å². The smallest absolute Gasteiger partial charge is 0.321 e. The van der Waals surface area contributed by atoms with Crippen molar-refractivity contribution < 1.29 is 31.1 Å². The number of aromatic nitrogens is 1. The van der Waals surface area contributed by atoms with Crippen molar-refractivity contribution in [3.05, 3.63) is 76.7 Å². The number of amides is 2. The number of benzene rings is 2. The molecular formula is C33H48BrN3O2S. The van der Waals surface area contributed by atoms with Gasteiger partial charge in [-0.05, 0) is 36.2 Å². The average Bonchev–Trinajstić information content (AvgIpc) is 3.47. The summed E-state index contributed by atoms with van der Waals surface area (Å²) >= 11 is 1.67. The molecule has 3 rings (SSSR count). The van der Waals surface area contributed by atoms with Gasteiger partial charge in [0.15, 0.2) is 12.7 Å². The van der Waals surface area contributed by atoms with Crippen LogP contribution in [-0.4, -0.2) is 19.7 Å². The van der Waals surface area contributed by atoms with Gasteiger partial charge < -0.3 is 27.0 Å². The normalized spacial score (nSPS) is 10.7. The lowest BCUT2D eigenvalue weighted by Crippen LogP contribution is -3.00. The van der Waals surface area contributed by atoms with Crippen LogP contribution in [0.5, 0.6) is 5.75 Å². The third-order valence-corrected chi connectivity index (χ3v) is 7.75. The third-order valence-electron chi connectivity index (χ3n) is 7.08. The molecule has 0 aliphatic rings. The first-order chi connectivity index (χ1) is 19.2. The van der Waals surface area contributed by atoms with Crippen LogP contribution < -0.4 is 36.5 Å². The van der Waals surface area contributed by atoms with E-state index >= 15 is 0 Å². The molecule has 1 aromatic heterocycles. The first kappa shape index (κ1) is 33.8. The van der Waals surface area contributed by atoms with Crippen LogP contribution in [0.15, 0.2) is 65.6 Å². The third kappa shape index (κ3) is 12.9. The van der Waals surface area contributed by atoms with Crippen LogP contribution in [0.1, 0.15) is 95.1 Å². The zero-order valence-electron chi connectivity index (χ0n) is 24.5. The fourth-order valence-electron chi connectivity index (χ4n) is 4.85. The maximum absolute atomic E-state index is 12.8. The maximum Gasteiger partial charge on any atom is 0.321 e. The standard InChI is InChI=1S/C33H47N3O2S.BrH/c1-3-4-5-6-7-8-9-10-11-12-13-14-22-38-32-20-16-18-30(25-32)27-36(33(37)34-2)31-19-15-17-29(24-31)26-35-21-23-39-28-35;/h15-21,23-25,28H,3-14,22,26-27H2,1-2H3;1H. The predicted octanol–water partition coefficient (Wildman–Crippen LogP) is 5.51. The largest absolute Gasteiger partial charge is 1.00 e. The highest BCUT2D eigenvalue weighted by atomic mass is 79.9. The van der Waals surface area contributed by atoms with E-state index in [9.17, 15) is 4.79 Å². The van der Waals surface area contributed by atoms with Crippen molar-refractivity contribution in [1.29, 1.82) is 0 Å². The molecule has 1 heterocycles. The summed E-state index contributed by atoms with van der Waals surface area (Å²) in [5.41, 5.74) is 5.17. The SMILES string of the molecule is CCCCCCCCCCCCCCOc1cccc(CN(C(=O)NC)c2cccc(C[n+]3ccsc3)c2)c1.[Br-]. The molecule has 0 atom stereocenters. The van der Waals surface area contributed by atoms with E-state index in [1.165, 1.54) is 70.6 Å². The van der Waals surface area contributed by atoms with E-state index in [4.69, 9.17) is 4.74 Å². The Bertz CT molecular complexity index is 1080. The minimum absolute atomic E-state index is 0. The van der Waals surface area contributed by atoms with E-state index < -0.39 is 0 Å². The molecule has 3 aromatic rings. The number of anilines is 1. The predicted molar refractivity (Wildman–Crippen MR) is 164 cm³/mol. The van der Waals surface area contributed by atoms with Crippen LogP contribution in [0.4, 0.5) is 10.5 Å². The van der Waals surface area contributed by atoms with Gasteiger partial charge in [0.25, 0.3) is 0 Å². The summed E-state index contributed by atoms with van der Waals surface area (Å²) < 4.78 is 8.21. The van der Waals surface area contributed by atoms with E-state index in [2.05, 4.69) is 58.2 Å². The first-order valence-corrected chi connectivity index (χ1v) is 15.8. The number of unbranched alkanes of at least 4 members (excludes halogenated alkanes) is 11. The number of thiazole rings is 1. The highest BCUT2D eigenvalue weighted by Crippen LogP contribution is 2.22. The number of nitrogens with zero attached hydrogens (tertiary/aromatic N) is 2. The summed E-state index contributed by atoms with van der Waals surface area (Å²) in [5, 5.41) is 4.86. The van der Waals surface area contributed by atoms with E-state index in [1.807, 2.05) is 24.3 Å². The van der Waals surface area contributed by atoms with E-state index in [1.54, 1.807) is 23.3 Å². The lowest BCUT2D eigenvalue weighted by atomic mass is 10.1. The number of hydrogen-bond donors (Lipinski definition) is 1. The molecule has 0 aliphatic heterocycles. The van der Waals surface area contributed by atoms with Crippen LogP contribution in [0.3, 0.4) is 0 Å². The molecule has 1 N–H and O–H groups in total. The van der Waals surface area contributed by atoms with E-state index in [-0.39, 0.29) is 23.0 Å².